The van der Waals surface area contributed by atoms with E-state index in [-0.39, 0.29) is 42.3 Å². The molecule has 9 N–H and O–H groups in total. The molecular formula is C17H21N9O5S2. The number of nitrogens with zero attached hydrogens (tertiary/aromatic N) is 3. The van der Waals surface area contributed by atoms with Crippen LogP contribution in [0, 0.1) is 0 Å². The average molecular weight is 496 g/mol. The predicted octanol–water partition coefficient (Wildman–Crippen LogP) is -1.68. The minimum absolute atomic E-state index is 0.0199. The molecule has 33 heavy (non-hydrogen) atoms. The molecule has 0 saturated carbocycles. The molecular weight excluding hydrogens is 474 g/mol. The number of benzene rings is 2. The number of rotatable bonds is 9. The smallest absolute Gasteiger partial charge is 0.241 e. The molecule has 2 aromatic carbocycles. The molecule has 0 spiro atoms. The van der Waals surface area contributed by atoms with Crippen molar-refractivity contribution in [3.05, 3.63) is 36.4 Å². The Morgan fingerprint density at radius 2 is 1.76 bits per heavy atom. The maximum atomic E-state index is 12.9. The van der Waals surface area contributed by atoms with Gasteiger partial charge in [-0.3, -0.25) is 4.79 Å². The number of hydrogen-bond acceptors (Lipinski definition) is 10. The maximum absolute atomic E-state index is 12.9. The SMILES string of the molecule is NCCNS(=O)(=O)c1ccc(-c2ccccc2NC(=O)CN)c(-c2nn[nH]n2)c1S(N)(=O)=O. The monoisotopic (exact) mass is 495 g/mol. The van der Waals surface area contributed by atoms with Crippen molar-refractivity contribution < 1.29 is 21.6 Å². The van der Waals surface area contributed by atoms with E-state index in [4.69, 9.17) is 16.6 Å². The summed E-state index contributed by atoms with van der Waals surface area (Å²) in [7, 11) is -8.99. The number of carbonyl (C=O) groups excluding carboxylic acids is 1. The van der Waals surface area contributed by atoms with Gasteiger partial charge >= 0.3 is 0 Å². The molecule has 0 atom stereocenters. The minimum Gasteiger partial charge on any atom is -0.329 e. The lowest BCUT2D eigenvalue weighted by Crippen LogP contribution is -2.31. The van der Waals surface area contributed by atoms with Crippen LogP contribution in [-0.4, -0.2) is 63.0 Å². The second-order valence-corrected chi connectivity index (χ2v) is 9.81. The molecule has 0 saturated heterocycles. The van der Waals surface area contributed by atoms with E-state index in [1.807, 2.05) is 0 Å². The van der Waals surface area contributed by atoms with Gasteiger partial charge < -0.3 is 16.8 Å². The van der Waals surface area contributed by atoms with E-state index in [0.29, 0.717) is 5.56 Å². The van der Waals surface area contributed by atoms with E-state index in [2.05, 4.69) is 30.7 Å². The van der Waals surface area contributed by atoms with Crippen molar-refractivity contribution in [1.82, 2.24) is 25.3 Å². The zero-order valence-electron chi connectivity index (χ0n) is 17.0. The Morgan fingerprint density at radius 1 is 1.03 bits per heavy atom. The van der Waals surface area contributed by atoms with Crippen LogP contribution in [0.15, 0.2) is 46.2 Å². The van der Waals surface area contributed by atoms with Crippen molar-refractivity contribution in [3.8, 4) is 22.5 Å². The summed E-state index contributed by atoms with van der Waals surface area (Å²) in [6, 6.07) is 8.85. The topological polar surface area (TPSA) is 242 Å². The molecule has 0 aliphatic heterocycles. The highest BCUT2D eigenvalue weighted by Gasteiger charge is 2.32. The first-order valence-electron chi connectivity index (χ1n) is 9.32. The summed E-state index contributed by atoms with van der Waals surface area (Å²) in [6.45, 7) is -0.452. The largest absolute Gasteiger partial charge is 0.329 e. The molecule has 0 fully saturated rings. The molecule has 16 heteroatoms. The van der Waals surface area contributed by atoms with Crippen LogP contribution >= 0.6 is 0 Å². The van der Waals surface area contributed by atoms with Gasteiger partial charge in [-0.15, -0.1) is 10.2 Å². The second kappa shape index (κ2) is 9.69. The number of nitrogens with one attached hydrogen (secondary N) is 3. The molecule has 0 aliphatic carbocycles. The second-order valence-electron chi connectivity index (χ2n) is 6.58. The summed E-state index contributed by atoms with van der Waals surface area (Å²) < 4.78 is 53.3. The van der Waals surface area contributed by atoms with E-state index in [1.165, 1.54) is 6.07 Å². The molecule has 3 aromatic rings. The van der Waals surface area contributed by atoms with E-state index in [9.17, 15) is 21.6 Å². The zero-order chi connectivity index (χ0) is 24.2. The number of aromatic nitrogens is 4. The van der Waals surface area contributed by atoms with Crippen molar-refractivity contribution in [1.29, 1.82) is 0 Å². The van der Waals surface area contributed by atoms with Crippen LogP contribution in [0.25, 0.3) is 22.5 Å². The fraction of sp³-hybridized carbons (Fsp3) is 0.176. The summed E-state index contributed by atoms with van der Waals surface area (Å²) in [5, 5.41) is 21.4. The Bertz CT molecular complexity index is 1370. The van der Waals surface area contributed by atoms with Gasteiger partial charge in [0.05, 0.1) is 12.1 Å². The predicted molar refractivity (Wildman–Crippen MR) is 118 cm³/mol. The normalized spacial score (nSPS) is 12.0. The van der Waals surface area contributed by atoms with E-state index in [0.717, 1.165) is 6.07 Å². The molecule has 0 unspecified atom stereocenters. The van der Waals surface area contributed by atoms with Crippen LogP contribution < -0.4 is 26.6 Å². The van der Waals surface area contributed by atoms with Crippen molar-refractivity contribution in [2.24, 2.45) is 16.6 Å². The molecule has 1 amide bonds. The van der Waals surface area contributed by atoms with E-state index < -0.39 is 35.7 Å². The highest BCUT2D eigenvalue weighted by molar-refractivity contribution is 7.92. The minimum atomic E-state index is -4.65. The lowest BCUT2D eigenvalue weighted by Gasteiger charge is -2.18. The molecule has 14 nitrogen and oxygen atoms in total. The molecule has 0 radical (unpaired) electrons. The maximum Gasteiger partial charge on any atom is 0.241 e. The van der Waals surface area contributed by atoms with Crippen molar-refractivity contribution in [2.45, 2.75) is 9.79 Å². The third kappa shape index (κ3) is 5.21. The van der Waals surface area contributed by atoms with Crippen LogP contribution in [0.5, 0.6) is 0 Å². The van der Waals surface area contributed by atoms with Gasteiger partial charge in [-0.05, 0) is 22.9 Å². The molecule has 1 heterocycles. The van der Waals surface area contributed by atoms with Gasteiger partial charge in [-0.25, -0.2) is 26.7 Å². The van der Waals surface area contributed by atoms with Gasteiger partial charge in [-0.2, -0.15) is 5.21 Å². The highest BCUT2D eigenvalue weighted by Crippen LogP contribution is 2.41. The Morgan fingerprint density at radius 3 is 2.36 bits per heavy atom. The summed E-state index contributed by atoms with van der Waals surface area (Å²) in [5.74, 6) is -0.731. The zero-order valence-corrected chi connectivity index (χ0v) is 18.6. The van der Waals surface area contributed by atoms with Gasteiger partial charge in [0.15, 0.2) is 0 Å². The van der Waals surface area contributed by atoms with Gasteiger partial charge in [0.1, 0.15) is 9.79 Å². The third-order valence-electron chi connectivity index (χ3n) is 4.38. The first-order valence-corrected chi connectivity index (χ1v) is 12.4. The third-order valence-corrected chi connectivity index (χ3v) is 7.00. The number of sulfonamides is 2. The lowest BCUT2D eigenvalue weighted by atomic mass is 9.97. The number of nitrogens with two attached hydrogens (primary N) is 3. The lowest BCUT2D eigenvalue weighted by molar-refractivity contribution is -0.114. The fourth-order valence-corrected chi connectivity index (χ4v) is 5.72. The number of amides is 1. The molecule has 0 aliphatic rings. The van der Waals surface area contributed by atoms with Crippen LogP contribution in [-0.2, 0) is 24.8 Å². The van der Waals surface area contributed by atoms with Crippen molar-refractivity contribution in [2.75, 3.05) is 25.0 Å². The standard InChI is InChI=1S/C17H21N9O5S2/c18-7-8-21-33(30,31)13-6-5-11(10-3-1-2-4-12(10)22-14(27)9-19)15(16(13)32(20,28)29)17-23-25-26-24-17/h1-6,21H,7-9,18-19H2,(H,22,27)(H2,20,28,29)(H,23,24,25,26). The first-order chi connectivity index (χ1) is 15.6. The van der Waals surface area contributed by atoms with E-state index in [1.54, 1.807) is 24.3 Å². The Kier molecular flexibility index (Phi) is 7.15. The summed E-state index contributed by atoms with van der Waals surface area (Å²) >= 11 is 0. The molecule has 1 aromatic heterocycles. The highest BCUT2D eigenvalue weighted by atomic mass is 32.2. The number of carbonyl (C=O) groups is 1. The van der Waals surface area contributed by atoms with Gasteiger partial charge in [-0.1, -0.05) is 24.3 Å². The molecule has 176 valence electrons. The average Bonchev–Trinajstić information content (AvgIpc) is 3.31. The fourth-order valence-electron chi connectivity index (χ4n) is 3.07. The Hall–Kier alpha value is -3.28. The summed E-state index contributed by atoms with van der Waals surface area (Å²) in [5.41, 5.74) is 11.3. The quantitative estimate of drug-likeness (QED) is 0.197. The van der Waals surface area contributed by atoms with Crippen LogP contribution in [0.3, 0.4) is 0 Å². The number of H-pyrrole nitrogens is 1. The van der Waals surface area contributed by atoms with Crippen LogP contribution in [0.2, 0.25) is 0 Å². The van der Waals surface area contributed by atoms with Gasteiger partial charge in [0, 0.05) is 24.3 Å². The first kappa shape index (κ1) is 24.4. The van der Waals surface area contributed by atoms with Crippen LogP contribution in [0.1, 0.15) is 0 Å². The number of tetrazole rings is 1. The summed E-state index contributed by atoms with van der Waals surface area (Å²) in [4.78, 5) is 10.5. The Balaban J connectivity index is 2.41. The molecule has 0 bridgehead atoms. The summed E-state index contributed by atoms with van der Waals surface area (Å²) in [6.07, 6.45) is 0. The molecule has 3 rings (SSSR count). The van der Waals surface area contributed by atoms with Crippen LogP contribution in [0.4, 0.5) is 5.69 Å². The van der Waals surface area contributed by atoms with E-state index >= 15 is 0 Å². The van der Waals surface area contributed by atoms with Gasteiger partial charge in [0.2, 0.25) is 31.8 Å². The number of primary sulfonamides is 1. The Labute approximate surface area is 189 Å². The van der Waals surface area contributed by atoms with Crippen molar-refractivity contribution in [3.63, 3.8) is 0 Å². The number of hydrogen-bond donors (Lipinski definition) is 6. The number of anilines is 1. The van der Waals surface area contributed by atoms with Gasteiger partial charge in [0.25, 0.3) is 0 Å². The number of para-hydroxylation sites is 1. The number of aromatic amines is 1. The van der Waals surface area contributed by atoms with Crippen molar-refractivity contribution >= 4 is 31.6 Å².